The zero-order chi connectivity index (χ0) is 22.7. The Morgan fingerprint density at radius 1 is 0.969 bits per heavy atom. The predicted molar refractivity (Wildman–Crippen MR) is 128 cm³/mol. The average Bonchev–Trinajstić information content (AvgIpc) is 3.11. The van der Waals surface area contributed by atoms with Crippen molar-refractivity contribution in [1.29, 1.82) is 0 Å². The van der Waals surface area contributed by atoms with Gasteiger partial charge in [0.1, 0.15) is 36.6 Å². The zero-order valence-corrected chi connectivity index (χ0v) is 19.4. The molecule has 1 heterocycles. The fourth-order valence-electron chi connectivity index (χ4n) is 3.49. The van der Waals surface area contributed by atoms with Crippen molar-refractivity contribution in [2.45, 2.75) is 33.1 Å². The molecular weight excluding hydrogens is 447 g/mol. The number of para-hydroxylation sites is 2. The summed E-state index contributed by atoms with van der Waals surface area (Å²) in [5, 5.41) is 11.7. The average molecular weight is 471 g/mol. The van der Waals surface area contributed by atoms with E-state index in [9.17, 15) is 5.11 Å². The lowest BCUT2D eigenvalue weighted by atomic mass is 10.1. The first kappa shape index (κ1) is 22.5. The van der Waals surface area contributed by atoms with Gasteiger partial charge in [-0.05, 0) is 61.4 Å². The van der Waals surface area contributed by atoms with Crippen LogP contribution in [0.1, 0.15) is 17.0 Å². The first-order chi connectivity index (χ1) is 15.4. The number of benzene rings is 3. The minimum atomic E-state index is -0.731. The highest BCUT2D eigenvalue weighted by Crippen LogP contribution is 2.28. The van der Waals surface area contributed by atoms with Crippen LogP contribution in [0.3, 0.4) is 0 Å². The van der Waals surface area contributed by atoms with Crippen molar-refractivity contribution in [3.63, 3.8) is 0 Å². The van der Waals surface area contributed by atoms with Crippen molar-refractivity contribution in [2.75, 3.05) is 6.61 Å². The van der Waals surface area contributed by atoms with E-state index >= 15 is 0 Å². The Kier molecular flexibility index (Phi) is 6.89. The van der Waals surface area contributed by atoms with E-state index in [1.807, 2.05) is 60.9 Å². The zero-order valence-electron chi connectivity index (χ0n) is 17.9. The summed E-state index contributed by atoms with van der Waals surface area (Å²) < 4.78 is 13.7. The summed E-state index contributed by atoms with van der Waals surface area (Å²) in [7, 11) is 0. The molecule has 7 heteroatoms. The molecule has 0 radical (unpaired) electrons. The lowest BCUT2D eigenvalue weighted by Crippen LogP contribution is -2.25. The van der Waals surface area contributed by atoms with Crippen LogP contribution in [-0.2, 0) is 13.2 Å². The number of halogens is 2. The van der Waals surface area contributed by atoms with Gasteiger partial charge in [-0.1, -0.05) is 47.5 Å². The van der Waals surface area contributed by atoms with Gasteiger partial charge in [0.05, 0.1) is 22.6 Å². The highest BCUT2D eigenvalue weighted by molar-refractivity contribution is 6.35. The van der Waals surface area contributed by atoms with Crippen molar-refractivity contribution < 1.29 is 14.6 Å². The summed E-state index contributed by atoms with van der Waals surface area (Å²) in [6.07, 6.45) is -0.731. The minimum Gasteiger partial charge on any atom is -0.491 e. The number of imidazole rings is 1. The fourth-order valence-corrected chi connectivity index (χ4v) is 3.95. The molecule has 4 aromatic rings. The number of ether oxygens (including phenoxy) is 2. The molecule has 0 aliphatic heterocycles. The van der Waals surface area contributed by atoms with E-state index < -0.39 is 6.10 Å². The molecule has 1 N–H and O–H groups in total. The van der Waals surface area contributed by atoms with E-state index in [0.717, 1.165) is 27.9 Å². The van der Waals surface area contributed by atoms with Crippen LogP contribution in [-0.4, -0.2) is 27.4 Å². The topological polar surface area (TPSA) is 56.5 Å². The third-order valence-corrected chi connectivity index (χ3v) is 5.68. The first-order valence-electron chi connectivity index (χ1n) is 10.3. The van der Waals surface area contributed by atoms with Gasteiger partial charge in [-0.2, -0.15) is 0 Å². The second kappa shape index (κ2) is 9.82. The Bertz CT molecular complexity index is 1240. The number of rotatable bonds is 8. The molecule has 5 nitrogen and oxygen atoms in total. The summed E-state index contributed by atoms with van der Waals surface area (Å²) in [6, 6.07) is 18.9. The Morgan fingerprint density at radius 2 is 1.78 bits per heavy atom. The first-order valence-corrected chi connectivity index (χ1v) is 11.1. The monoisotopic (exact) mass is 470 g/mol. The summed E-state index contributed by atoms with van der Waals surface area (Å²) in [5.41, 5.74) is 3.89. The number of aliphatic hydroxyl groups excluding tert-OH is 1. The van der Waals surface area contributed by atoms with Crippen LogP contribution in [0.5, 0.6) is 11.5 Å². The normalized spacial score (nSPS) is 12.2. The molecule has 0 saturated carbocycles. The smallest absolute Gasteiger partial charge is 0.148 e. The van der Waals surface area contributed by atoms with E-state index in [-0.39, 0.29) is 13.2 Å². The summed E-state index contributed by atoms with van der Waals surface area (Å²) in [6.45, 7) is 4.68. The summed E-state index contributed by atoms with van der Waals surface area (Å²) >= 11 is 12.2. The Balaban J connectivity index is 1.51. The third kappa shape index (κ3) is 5.18. The van der Waals surface area contributed by atoms with E-state index in [2.05, 4.69) is 4.98 Å². The molecular formula is C25H24Cl2N2O3. The highest BCUT2D eigenvalue weighted by atomic mass is 35.5. The maximum absolute atomic E-state index is 10.7. The fraction of sp³-hybridized carbons (Fsp3) is 0.240. The van der Waals surface area contributed by atoms with Gasteiger partial charge in [-0.3, -0.25) is 0 Å². The largest absolute Gasteiger partial charge is 0.491 e. The third-order valence-electron chi connectivity index (χ3n) is 5.15. The van der Waals surface area contributed by atoms with Crippen LogP contribution in [0.25, 0.3) is 11.0 Å². The number of aliphatic hydroxyl groups is 1. The van der Waals surface area contributed by atoms with Gasteiger partial charge >= 0.3 is 0 Å². The Morgan fingerprint density at radius 3 is 2.59 bits per heavy atom. The Labute approximate surface area is 197 Å². The van der Waals surface area contributed by atoms with Crippen molar-refractivity contribution in [3.05, 3.63) is 87.7 Å². The van der Waals surface area contributed by atoms with Crippen molar-refractivity contribution in [3.8, 4) is 11.5 Å². The van der Waals surface area contributed by atoms with Gasteiger partial charge in [0, 0.05) is 5.02 Å². The molecule has 0 aliphatic carbocycles. The number of aryl methyl sites for hydroxylation is 2. The van der Waals surface area contributed by atoms with Gasteiger partial charge in [-0.25, -0.2) is 4.98 Å². The van der Waals surface area contributed by atoms with Gasteiger partial charge < -0.3 is 19.1 Å². The molecule has 166 valence electrons. The number of hydrogen-bond donors (Lipinski definition) is 1. The van der Waals surface area contributed by atoms with Gasteiger partial charge in [0.2, 0.25) is 0 Å². The van der Waals surface area contributed by atoms with Gasteiger partial charge in [0.25, 0.3) is 0 Å². The van der Waals surface area contributed by atoms with Crippen molar-refractivity contribution in [1.82, 2.24) is 9.55 Å². The molecule has 0 bridgehead atoms. The van der Waals surface area contributed by atoms with Gasteiger partial charge in [0.15, 0.2) is 0 Å². The number of fused-ring (bicyclic) bond motifs is 1. The number of nitrogens with zero attached hydrogens (tertiary/aromatic N) is 2. The van der Waals surface area contributed by atoms with Crippen LogP contribution >= 0.6 is 23.2 Å². The minimum absolute atomic E-state index is 0.167. The Hall–Kier alpha value is -2.73. The molecule has 0 aliphatic rings. The lowest BCUT2D eigenvalue weighted by Gasteiger charge is -2.17. The van der Waals surface area contributed by atoms with Crippen molar-refractivity contribution >= 4 is 34.2 Å². The van der Waals surface area contributed by atoms with E-state index in [1.54, 1.807) is 18.2 Å². The quantitative estimate of drug-likeness (QED) is 0.344. The SMILES string of the molecule is Cc1ccc(C)c(OCC(O)Cn2c(COc3ccc(Cl)cc3Cl)nc3ccccc32)c1. The summed E-state index contributed by atoms with van der Waals surface area (Å²) in [5.74, 6) is 1.98. The van der Waals surface area contributed by atoms with Crippen LogP contribution in [0.4, 0.5) is 0 Å². The van der Waals surface area contributed by atoms with Crippen LogP contribution in [0.2, 0.25) is 10.0 Å². The van der Waals surface area contributed by atoms with E-state index in [0.29, 0.717) is 28.2 Å². The molecule has 4 rings (SSSR count). The molecule has 0 spiro atoms. The predicted octanol–water partition coefficient (Wildman–Crippen LogP) is 5.98. The molecule has 0 amide bonds. The molecule has 1 unspecified atom stereocenters. The maximum atomic E-state index is 10.7. The number of hydrogen-bond acceptors (Lipinski definition) is 4. The van der Waals surface area contributed by atoms with E-state index in [4.69, 9.17) is 32.7 Å². The lowest BCUT2D eigenvalue weighted by molar-refractivity contribution is 0.0914. The van der Waals surface area contributed by atoms with Gasteiger partial charge in [-0.15, -0.1) is 0 Å². The number of aromatic nitrogens is 2. The molecule has 32 heavy (non-hydrogen) atoms. The van der Waals surface area contributed by atoms with Crippen LogP contribution in [0, 0.1) is 13.8 Å². The molecule has 1 aromatic heterocycles. The van der Waals surface area contributed by atoms with Crippen molar-refractivity contribution in [2.24, 2.45) is 0 Å². The second-order valence-electron chi connectivity index (χ2n) is 7.72. The molecule has 0 fully saturated rings. The van der Waals surface area contributed by atoms with E-state index in [1.165, 1.54) is 0 Å². The van der Waals surface area contributed by atoms with Crippen LogP contribution in [0.15, 0.2) is 60.7 Å². The molecule has 3 aromatic carbocycles. The second-order valence-corrected chi connectivity index (χ2v) is 8.57. The molecule has 0 saturated heterocycles. The highest BCUT2D eigenvalue weighted by Gasteiger charge is 2.16. The summed E-state index contributed by atoms with van der Waals surface area (Å²) in [4.78, 5) is 4.69. The maximum Gasteiger partial charge on any atom is 0.148 e. The standard InChI is InChI=1S/C25H24Cl2N2O3/c1-16-7-8-17(2)24(11-16)31-14-19(30)13-29-22-6-4-3-5-21(22)28-25(29)15-32-23-10-9-18(26)12-20(23)27/h3-12,19,30H,13-15H2,1-2H3. The van der Waals surface area contributed by atoms with Crippen LogP contribution < -0.4 is 9.47 Å². The molecule has 1 atom stereocenters.